The van der Waals surface area contributed by atoms with Crippen LogP contribution in [0, 0.1) is 6.92 Å². The first-order valence-corrected chi connectivity index (χ1v) is 14.4. The molecule has 3 aromatic carbocycles. The number of hydrogen-bond donors (Lipinski definition) is 2. The van der Waals surface area contributed by atoms with Gasteiger partial charge in [-0.15, -0.1) is 0 Å². The minimum atomic E-state index is -1.05. The molecule has 43 heavy (non-hydrogen) atoms. The molecule has 1 fully saturated rings. The molecular weight excluding hydrogens is 544 g/mol. The Bertz CT molecular complexity index is 1480. The number of hydrogen-bond acceptors (Lipinski definition) is 5. The Balaban J connectivity index is 1.89. The Morgan fingerprint density at radius 3 is 2.28 bits per heavy atom. The molecule has 3 aromatic rings. The van der Waals surface area contributed by atoms with Crippen LogP contribution in [0.3, 0.4) is 0 Å². The van der Waals surface area contributed by atoms with Gasteiger partial charge in [0.05, 0.1) is 18.7 Å². The zero-order chi connectivity index (χ0) is 31.3. The number of likely N-dealkylation sites (tertiary alicyclic amines) is 1. The number of carbonyl (C=O) groups is 4. The van der Waals surface area contributed by atoms with Crippen LogP contribution in [0.2, 0.25) is 0 Å². The van der Waals surface area contributed by atoms with Crippen molar-refractivity contribution in [3.8, 4) is 0 Å². The van der Waals surface area contributed by atoms with E-state index in [1.807, 2.05) is 82.3 Å². The van der Waals surface area contributed by atoms with Crippen LogP contribution < -0.4 is 16.0 Å². The number of rotatable bonds is 7. The topological polar surface area (TPSA) is 122 Å². The van der Waals surface area contributed by atoms with E-state index in [1.165, 1.54) is 18.1 Å². The molecule has 3 N–H and O–H groups in total. The Kier molecular flexibility index (Phi) is 9.53. The second-order valence-corrected chi connectivity index (χ2v) is 12.0. The van der Waals surface area contributed by atoms with Crippen molar-refractivity contribution in [2.24, 2.45) is 5.73 Å². The Morgan fingerprint density at radius 2 is 1.65 bits per heavy atom. The Hall–Kier alpha value is -4.66. The number of benzene rings is 3. The molecular formula is C34H40N4O5. The summed E-state index contributed by atoms with van der Waals surface area (Å²) in [6.07, 6.45) is 0.782. The van der Waals surface area contributed by atoms with Gasteiger partial charge in [0.15, 0.2) is 0 Å². The molecule has 3 atom stereocenters. The number of nitrogens with one attached hydrogen (secondary N) is 1. The number of primary amides is 1. The first-order chi connectivity index (χ1) is 20.4. The van der Waals surface area contributed by atoms with Crippen molar-refractivity contribution in [3.05, 3.63) is 101 Å². The predicted molar refractivity (Wildman–Crippen MR) is 166 cm³/mol. The van der Waals surface area contributed by atoms with E-state index in [2.05, 4.69) is 5.32 Å². The second-order valence-electron chi connectivity index (χ2n) is 12.0. The maximum absolute atomic E-state index is 14.7. The van der Waals surface area contributed by atoms with Crippen LogP contribution in [-0.4, -0.2) is 54.0 Å². The molecule has 1 aliphatic rings. The highest BCUT2D eigenvalue weighted by atomic mass is 16.5. The van der Waals surface area contributed by atoms with Gasteiger partial charge in [-0.1, -0.05) is 60.7 Å². The van der Waals surface area contributed by atoms with Gasteiger partial charge in [0, 0.05) is 11.2 Å². The van der Waals surface area contributed by atoms with Gasteiger partial charge in [0.2, 0.25) is 11.8 Å². The van der Waals surface area contributed by atoms with Crippen molar-refractivity contribution < 1.29 is 23.9 Å². The molecule has 9 heteroatoms. The van der Waals surface area contributed by atoms with Crippen molar-refractivity contribution in [2.45, 2.75) is 64.1 Å². The summed E-state index contributed by atoms with van der Waals surface area (Å²) in [6, 6.07) is 21.6. The van der Waals surface area contributed by atoms with E-state index in [0.717, 1.165) is 16.7 Å². The summed E-state index contributed by atoms with van der Waals surface area (Å²) < 4.78 is 4.88. The maximum Gasteiger partial charge on any atom is 0.337 e. The van der Waals surface area contributed by atoms with E-state index >= 15 is 0 Å². The van der Waals surface area contributed by atoms with Gasteiger partial charge in [0.25, 0.3) is 0 Å². The molecule has 4 rings (SSSR count). The van der Waals surface area contributed by atoms with Crippen LogP contribution in [0.25, 0.3) is 0 Å². The lowest BCUT2D eigenvalue weighted by molar-refractivity contribution is -0.139. The third kappa shape index (κ3) is 7.41. The Morgan fingerprint density at radius 1 is 0.977 bits per heavy atom. The molecule has 3 unspecified atom stereocenters. The largest absolute Gasteiger partial charge is 0.465 e. The van der Waals surface area contributed by atoms with E-state index < -0.39 is 35.5 Å². The third-order valence-corrected chi connectivity index (χ3v) is 7.70. The molecule has 0 spiro atoms. The average molecular weight is 585 g/mol. The molecule has 226 valence electrons. The van der Waals surface area contributed by atoms with E-state index in [1.54, 1.807) is 23.1 Å². The first kappa shape index (κ1) is 31.3. The third-order valence-electron chi connectivity index (χ3n) is 7.70. The predicted octanol–water partition coefficient (Wildman–Crippen LogP) is 5.10. The summed E-state index contributed by atoms with van der Waals surface area (Å²) in [5.74, 6) is -1.47. The van der Waals surface area contributed by atoms with E-state index in [4.69, 9.17) is 10.5 Å². The van der Waals surface area contributed by atoms with Crippen molar-refractivity contribution in [1.82, 2.24) is 10.2 Å². The fraction of sp³-hybridized carbons (Fsp3) is 0.353. The molecule has 4 amide bonds. The van der Waals surface area contributed by atoms with Crippen LogP contribution in [-0.2, 0) is 14.3 Å². The minimum absolute atomic E-state index is 0.165. The van der Waals surface area contributed by atoms with Gasteiger partial charge in [0.1, 0.15) is 12.6 Å². The molecule has 1 aliphatic heterocycles. The van der Waals surface area contributed by atoms with Crippen LogP contribution in [0.5, 0.6) is 0 Å². The average Bonchev–Trinajstić information content (AvgIpc) is 3.09. The number of ether oxygens (including phenoxy) is 1. The standard InChI is InChI=1S/C34H40N4O5/c1-22-12-9-10-17-27(22)25-19-28(23-13-7-6-8-14-23)37(21-30(39)36-34(2,3)4)31(40)29(20-25)38(33(35)42)26-16-11-15-24(18-26)32(41)43-5/h6-18,25,28-29H,19-21H2,1-5H3,(H2,35,42)(H,36,39). The molecule has 9 nitrogen and oxygen atoms in total. The summed E-state index contributed by atoms with van der Waals surface area (Å²) in [5, 5.41) is 2.97. The monoisotopic (exact) mass is 584 g/mol. The number of carbonyl (C=O) groups excluding carboxylic acids is 4. The fourth-order valence-corrected chi connectivity index (χ4v) is 5.88. The maximum atomic E-state index is 14.7. The van der Waals surface area contributed by atoms with E-state index in [0.29, 0.717) is 6.42 Å². The SMILES string of the molecule is COC(=O)c1cccc(N(C(N)=O)C2CC(c3ccccc3C)CC(c3ccccc3)N(CC(=O)NC(C)(C)C)C2=O)c1. The minimum Gasteiger partial charge on any atom is -0.465 e. The number of methoxy groups -OCH3 is 1. The second kappa shape index (κ2) is 13.1. The molecule has 0 radical (unpaired) electrons. The highest BCUT2D eigenvalue weighted by Gasteiger charge is 2.43. The summed E-state index contributed by atoms with van der Waals surface area (Å²) in [7, 11) is 1.27. The lowest BCUT2D eigenvalue weighted by Crippen LogP contribution is -2.55. The molecule has 1 saturated heterocycles. The van der Waals surface area contributed by atoms with Crippen LogP contribution >= 0.6 is 0 Å². The number of nitrogens with two attached hydrogens (primary N) is 1. The zero-order valence-corrected chi connectivity index (χ0v) is 25.4. The van der Waals surface area contributed by atoms with Gasteiger partial charge < -0.3 is 20.7 Å². The van der Waals surface area contributed by atoms with Crippen LogP contribution in [0.15, 0.2) is 78.9 Å². The smallest absolute Gasteiger partial charge is 0.337 e. The van der Waals surface area contributed by atoms with Crippen molar-refractivity contribution in [2.75, 3.05) is 18.6 Å². The first-order valence-electron chi connectivity index (χ1n) is 14.4. The lowest BCUT2D eigenvalue weighted by Gasteiger charge is -2.35. The summed E-state index contributed by atoms with van der Waals surface area (Å²) in [5.41, 5.74) is 8.97. The van der Waals surface area contributed by atoms with Gasteiger partial charge in [-0.25, -0.2) is 9.59 Å². The quantitative estimate of drug-likeness (QED) is 0.375. The molecule has 0 aliphatic carbocycles. The van der Waals surface area contributed by atoms with Crippen molar-refractivity contribution >= 4 is 29.5 Å². The summed E-state index contributed by atoms with van der Waals surface area (Å²) >= 11 is 0. The Labute approximate surface area is 253 Å². The summed E-state index contributed by atoms with van der Waals surface area (Å²) in [6.45, 7) is 7.45. The van der Waals surface area contributed by atoms with Gasteiger partial charge in [-0.3, -0.25) is 14.5 Å². The number of esters is 1. The van der Waals surface area contributed by atoms with Crippen LogP contribution in [0.1, 0.15) is 72.6 Å². The number of nitrogens with zero attached hydrogens (tertiary/aromatic N) is 2. The molecule has 0 aromatic heterocycles. The number of anilines is 1. The fourth-order valence-electron chi connectivity index (χ4n) is 5.88. The molecule has 0 bridgehead atoms. The molecule has 1 heterocycles. The lowest BCUT2D eigenvalue weighted by atomic mass is 9.84. The number of aryl methyl sites for hydroxylation is 1. The molecule has 0 saturated carbocycles. The highest BCUT2D eigenvalue weighted by Crippen LogP contribution is 2.42. The van der Waals surface area contributed by atoms with Gasteiger partial charge >= 0.3 is 12.0 Å². The number of urea groups is 1. The van der Waals surface area contributed by atoms with Crippen molar-refractivity contribution in [3.63, 3.8) is 0 Å². The normalized spacial score (nSPS) is 18.9. The van der Waals surface area contributed by atoms with Gasteiger partial charge in [-0.05, 0) is 81.3 Å². The zero-order valence-electron chi connectivity index (χ0n) is 25.4. The summed E-state index contributed by atoms with van der Waals surface area (Å²) in [4.78, 5) is 56.3. The number of amides is 4. The van der Waals surface area contributed by atoms with Crippen LogP contribution in [0.4, 0.5) is 10.5 Å². The van der Waals surface area contributed by atoms with E-state index in [9.17, 15) is 19.2 Å². The highest BCUT2D eigenvalue weighted by molar-refractivity contribution is 6.01. The van der Waals surface area contributed by atoms with Crippen molar-refractivity contribution in [1.29, 1.82) is 0 Å². The van der Waals surface area contributed by atoms with E-state index in [-0.39, 0.29) is 36.0 Å². The van der Waals surface area contributed by atoms with Gasteiger partial charge in [-0.2, -0.15) is 0 Å².